The summed E-state index contributed by atoms with van der Waals surface area (Å²) in [5.74, 6) is -3.68. The fourth-order valence-electron chi connectivity index (χ4n) is 4.32. The average Bonchev–Trinajstić information content (AvgIpc) is 3.51. The van der Waals surface area contributed by atoms with Crippen molar-refractivity contribution in [1.82, 2.24) is 4.90 Å². The molecule has 1 aliphatic rings. The number of nitrogens with one attached hydrogen (secondary N) is 2. The Kier molecular flexibility index (Phi) is 9.23. The van der Waals surface area contributed by atoms with E-state index < -0.39 is 23.8 Å². The van der Waals surface area contributed by atoms with Crippen molar-refractivity contribution in [3.63, 3.8) is 0 Å². The summed E-state index contributed by atoms with van der Waals surface area (Å²) in [7, 11) is 2.68. The number of anilines is 2. The van der Waals surface area contributed by atoms with Crippen LogP contribution in [0.15, 0.2) is 66.7 Å². The van der Waals surface area contributed by atoms with Crippen LogP contribution in [-0.4, -0.2) is 56.0 Å². The first-order chi connectivity index (χ1) is 19.2. The third-order valence-electron chi connectivity index (χ3n) is 6.39. The van der Waals surface area contributed by atoms with E-state index in [-0.39, 0.29) is 23.5 Å². The van der Waals surface area contributed by atoms with Crippen LogP contribution in [0, 0.1) is 0 Å². The maximum absolute atomic E-state index is 16.4. The lowest BCUT2D eigenvalue weighted by atomic mass is 10.1. The van der Waals surface area contributed by atoms with E-state index in [0.717, 1.165) is 12.8 Å². The van der Waals surface area contributed by atoms with E-state index in [1.807, 2.05) is 0 Å². The Labute approximate surface area is 236 Å². The number of amides is 2. The lowest BCUT2D eigenvalue weighted by molar-refractivity contribution is -0.191. The van der Waals surface area contributed by atoms with Crippen molar-refractivity contribution in [3.8, 4) is 11.5 Å². The van der Waals surface area contributed by atoms with Gasteiger partial charge in [-0.1, -0.05) is 29.8 Å². The van der Waals surface area contributed by atoms with Gasteiger partial charge in [-0.2, -0.15) is 4.39 Å². The van der Waals surface area contributed by atoms with Crippen molar-refractivity contribution in [1.29, 1.82) is 0 Å². The first kappa shape index (κ1) is 28.8. The fraction of sp³-hybridized carbons (Fsp3) is 0.276. The number of esters is 1. The van der Waals surface area contributed by atoms with Crippen molar-refractivity contribution in [2.75, 3.05) is 37.9 Å². The van der Waals surface area contributed by atoms with Gasteiger partial charge in [0.25, 0.3) is 0 Å². The van der Waals surface area contributed by atoms with Crippen LogP contribution in [0.5, 0.6) is 11.5 Å². The average molecular weight is 570 g/mol. The van der Waals surface area contributed by atoms with E-state index in [9.17, 15) is 14.4 Å². The van der Waals surface area contributed by atoms with E-state index in [1.165, 1.54) is 43.4 Å². The van der Waals surface area contributed by atoms with Crippen LogP contribution >= 0.6 is 11.6 Å². The van der Waals surface area contributed by atoms with Crippen molar-refractivity contribution in [2.45, 2.75) is 25.2 Å². The Bertz CT molecular complexity index is 1380. The number of benzene rings is 3. The van der Waals surface area contributed by atoms with Crippen molar-refractivity contribution in [2.24, 2.45) is 0 Å². The number of alkyl halides is 1. The number of hydrogen-bond acceptors (Lipinski definition) is 7. The zero-order valence-electron chi connectivity index (χ0n) is 22.0. The lowest BCUT2D eigenvalue weighted by Crippen LogP contribution is -2.55. The highest BCUT2D eigenvalue weighted by atomic mass is 35.5. The fourth-order valence-corrected chi connectivity index (χ4v) is 4.50. The SMILES string of the molecule is COC(=O)c1ccc(OC(F)(C(=O)Cc2ccc(NC(=O)Nc3ccccc3Cl)c(OC)c2)N2CCCC2)cc1. The number of rotatable bonds is 10. The second kappa shape index (κ2) is 12.8. The molecule has 0 bridgehead atoms. The highest BCUT2D eigenvalue weighted by Crippen LogP contribution is 2.32. The van der Waals surface area contributed by atoms with Crippen LogP contribution in [0.3, 0.4) is 0 Å². The van der Waals surface area contributed by atoms with Crippen LogP contribution in [0.1, 0.15) is 28.8 Å². The number of hydrogen-bond donors (Lipinski definition) is 2. The number of likely N-dealkylation sites (tertiary alicyclic amines) is 1. The number of Topliss-reactive ketones (excluding diaryl/α,β-unsaturated/α-hetero) is 1. The molecule has 2 N–H and O–H groups in total. The minimum absolute atomic E-state index is 0.0945. The molecule has 4 rings (SSSR count). The number of ether oxygens (including phenoxy) is 3. The topological polar surface area (TPSA) is 106 Å². The molecule has 2 amide bonds. The lowest BCUT2D eigenvalue weighted by Gasteiger charge is -2.33. The summed E-state index contributed by atoms with van der Waals surface area (Å²) in [6, 6.07) is 16.7. The first-order valence-corrected chi connectivity index (χ1v) is 13.0. The van der Waals surface area contributed by atoms with E-state index in [4.69, 9.17) is 21.1 Å². The number of carbonyl (C=O) groups is 3. The summed E-state index contributed by atoms with van der Waals surface area (Å²) < 4.78 is 32.1. The number of methoxy groups -OCH3 is 2. The Morgan fingerprint density at radius 1 is 0.950 bits per heavy atom. The van der Waals surface area contributed by atoms with Crippen molar-refractivity contribution < 1.29 is 33.0 Å². The standard InChI is InChI=1S/C29H29ClFN3O6/c1-38-25-17-19(9-14-24(25)33-28(37)32-23-8-4-3-7-22(23)30)18-26(35)29(31,34-15-5-6-16-34)40-21-12-10-20(11-13-21)27(36)39-2/h3-4,7-14,17H,5-6,15-16,18H2,1-2H3,(H2,32,33,37). The molecule has 11 heteroatoms. The van der Waals surface area contributed by atoms with Gasteiger partial charge >= 0.3 is 18.0 Å². The second-order valence-electron chi connectivity index (χ2n) is 9.07. The Morgan fingerprint density at radius 2 is 1.62 bits per heavy atom. The molecule has 0 spiro atoms. The predicted octanol–water partition coefficient (Wildman–Crippen LogP) is 5.69. The maximum Gasteiger partial charge on any atom is 0.371 e. The van der Waals surface area contributed by atoms with Crippen molar-refractivity contribution >= 4 is 40.8 Å². The van der Waals surface area contributed by atoms with Gasteiger partial charge in [0.2, 0.25) is 5.78 Å². The molecule has 1 aliphatic heterocycles. The Balaban J connectivity index is 1.49. The summed E-state index contributed by atoms with van der Waals surface area (Å²) >= 11 is 6.10. The zero-order valence-corrected chi connectivity index (χ0v) is 22.8. The highest BCUT2D eigenvalue weighted by molar-refractivity contribution is 6.33. The molecule has 0 aliphatic carbocycles. The molecule has 0 radical (unpaired) electrons. The monoisotopic (exact) mass is 569 g/mol. The normalized spacial score (nSPS) is 14.6. The molecule has 3 aromatic carbocycles. The van der Waals surface area contributed by atoms with Gasteiger partial charge in [0.15, 0.2) is 0 Å². The molecule has 1 heterocycles. The molecule has 40 heavy (non-hydrogen) atoms. The molecule has 1 saturated heterocycles. The first-order valence-electron chi connectivity index (χ1n) is 12.6. The van der Waals surface area contributed by atoms with Gasteiger partial charge in [-0.05, 0) is 66.9 Å². The summed E-state index contributed by atoms with van der Waals surface area (Å²) in [5, 5.41) is 5.72. The second-order valence-corrected chi connectivity index (χ2v) is 9.47. The van der Waals surface area contributed by atoms with Crippen LogP contribution in [0.2, 0.25) is 5.02 Å². The smallest absolute Gasteiger partial charge is 0.371 e. The zero-order chi connectivity index (χ0) is 28.7. The Morgan fingerprint density at radius 3 is 2.27 bits per heavy atom. The third-order valence-corrected chi connectivity index (χ3v) is 6.72. The number of para-hydroxylation sites is 1. The number of halogens is 2. The summed E-state index contributed by atoms with van der Waals surface area (Å²) in [6.45, 7) is 0.713. The molecule has 1 fully saturated rings. The van der Waals surface area contributed by atoms with Gasteiger partial charge in [-0.3, -0.25) is 4.79 Å². The van der Waals surface area contributed by atoms with E-state index in [1.54, 1.807) is 42.5 Å². The van der Waals surface area contributed by atoms with Gasteiger partial charge in [-0.25, -0.2) is 14.5 Å². The molecular weight excluding hydrogens is 541 g/mol. The number of urea groups is 1. The van der Waals surface area contributed by atoms with E-state index >= 15 is 4.39 Å². The van der Waals surface area contributed by atoms with Gasteiger partial charge in [0.1, 0.15) is 11.5 Å². The summed E-state index contributed by atoms with van der Waals surface area (Å²) in [6.07, 6.45) is 1.16. The number of ketones is 1. The van der Waals surface area contributed by atoms with Gasteiger partial charge in [-0.15, -0.1) is 0 Å². The van der Waals surface area contributed by atoms with Gasteiger partial charge < -0.3 is 24.8 Å². The molecule has 0 aromatic heterocycles. The minimum Gasteiger partial charge on any atom is -0.495 e. The molecule has 1 unspecified atom stereocenters. The largest absolute Gasteiger partial charge is 0.495 e. The van der Waals surface area contributed by atoms with E-state index in [2.05, 4.69) is 15.4 Å². The third kappa shape index (κ3) is 6.70. The van der Waals surface area contributed by atoms with Gasteiger partial charge in [0, 0.05) is 19.5 Å². The maximum atomic E-state index is 16.4. The summed E-state index contributed by atoms with van der Waals surface area (Å²) in [5.41, 5.74) is 1.51. The van der Waals surface area contributed by atoms with Crippen LogP contribution < -0.4 is 20.1 Å². The van der Waals surface area contributed by atoms with Crippen LogP contribution in [-0.2, 0) is 16.0 Å². The van der Waals surface area contributed by atoms with Gasteiger partial charge in [0.05, 0.1) is 36.2 Å². The molecule has 9 nitrogen and oxygen atoms in total. The molecular formula is C29H29ClFN3O6. The number of carbonyl (C=O) groups excluding carboxylic acids is 3. The summed E-state index contributed by atoms with van der Waals surface area (Å²) in [4.78, 5) is 39.0. The molecule has 1 atom stereocenters. The quantitative estimate of drug-likeness (QED) is 0.239. The molecule has 3 aromatic rings. The predicted molar refractivity (Wildman–Crippen MR) is 149 cm³/mol. The molecule has 0 saturated carbocycles. The molecule has 210 valence electrons. The van der Waals surface area contributed by atoms with Crippen LogP contribution in [0.25, 0.3) is 0 Å². The Hall–Kier alpha value is -4.15. The highest BCUT2D eigenvalue weighted by Gasteiger charge is 2.48. The van der Waals surface area contributed by atoms with Crippen LogP contribution in [0.4, 0.5) is 20.6 Å². The minimum atomic E-state index is -2.72. The number of nitrogens with zero attached hydrogens (tertiary/aromatic N) is 1. The van der Waals surface area contributed by atoms with Crippen molar-refractivity contribution in [3.05, 3.63) is 82.9 Å². The van der Waals surface area contributed by atoms with E-state index in [0.29, 0.717) is 35.1 Å².